The number of terminal acetylenes is 1. The number of rotatable bonds is 2. The maximum Gasteiger partial charge on any atom is 0.490 e. The minimum absolute atomic E-state index is 0.322. The molecule has 0 aliphatic heterocycles. The van der Waals surface area contributed by atoms with Crippen LogP contribution in [0.2, 0.25) is 0 Å². The molecule has 16 heavy (non-hydrogen) atoms. The van der Waals surface area contributed by atoms with Crippen LogP contribution in [0.4, 0.5) is 13.2 Å². The maximum atomic E-state index is 11.9. The van der Waals surface area contributed by atoms with Crippen LogP contribution in [0.3, 0.4) is 0 Å². The average Bonchev–Trinajstić information content (AvgIpc) is 2.25. The first kappa shape index (κ1) is 12.1. The van der Waals surface area contributed by atoms with E-state index in [1.165, 1.54) is 12.1 Å². The van der Waals surface area contributed by atoms with Gasteiger partial charge >= 0.3 is 12.1 Å². The second-order valence-electron chi connectivity index (χ2n) is 2.86. The average molecular weight is 228 g/mol. The van der Waals surface area contributed by atoms with Crippen molar-refractivity contribution in [2.75, 3.05) is 0 Å². The van der Waals surface area contributed by atoms with E-state index in [2.05, 4.69) is 4.74 Å². The van der Waals surface area contributed by atoms with Crippen LogP contribution in [0.1, 0.15) is 11.7 Å². The number of carbonyl (C=O) groups is 1. The lowest BCUT2D eigenvalue weighted by molar-refractivity contribution is -0.202. The zero-order valence-corrected chi connectivity index (χ0v) is 7.99. The minimum Gasteiger partial charge on any atom is -0.437 e. The molecule has 0 saturated carbocycles. The van der Waals surface area contributed by atoms with Gasteiger partial charge in [-0.15, -0.1) is 6.42 Å². The zero-order valence-electron chi connectivity index (χ0n) is 7.99. The second-order valence-corrected chi connectivity index (χ2v) is 2.86. The SMILES string of the molecule is C#CC(OC(=O)C(F)(F)F)c1ccccc1. The Kier molecular flexibility index (Phi) is 3.56. The van der Waals surface area contributed by atoms with Gasteiger partial charge in [-0.1, -0.05) is 36.3 Å². The summed E-state index contributed by atoms with van der Waals surface area (Å²) < 4.78 is 39.9. The van der Waals surface area contributed by atoms with Gasteiger partial charge in [0.25, 0.3) is 0 Å². The van der Waals surface area contributed by atoms with Crippen molar-refractivity contribution < 1.29 is 22.7 Å². The van der Waals surface area contributed by atoms with E-state index in [1.54, 1.807) is 18.2 Å². The summed E-state index contributed by atoms with van der Waals surface area (Å²) in [6.07, 6.45) is -1.36. The van der Waals surface area contributed by atoms with Gasteiger partial charge in [0.15, 0.2) is 6.10 Å². The molecule has 84 valence electrons. The highest BCUT2D eigenvalue weighted by Crippen LogP contribution is 2.23. The molecule has 1 aromatic carbocycles. The predicted molar refractivity (Wildman–Crippen MR) is 50.2 cm³/mol. The third-order valence-electron chi connectivity index (χ3n) is 1.71. The summed E-state index contributed by atoms with van der Waals surface area (Å²) >= 11 is 0. The summed E-state index contributed by atoms with van der Waals surface area (Å²) in [7, 11) is 0. The van der Waals surface area contributed by atoms with Crippen LogP contribution in [0.5, 0.6) is 0 Å². The van der Waals surface area contributed by atoms with E-state index in [0.29, 0.717) is 5.56 Å². The van der Waals surface area contributed by atoms with Gasteiger partial charge in [0.1, 0.15) is 0 Å². The Morgan fingerprint density at radius 1 is 1.31 bits per heavy atom. The highest BCUT2D eigenvalue weighted by atomic mass is 19.4. The quantitative estimate of drug-likeness (QED) is 0.574. The summed E-state index contributed by atoms with van der Waals surface area (Å²) in [4.78, 5) is 10.6. The molecule has 0 spiro atoms. The smallest absolute Gasteiger partial charge is 0.437 e. The van der Waals surface area contributed by atoms with Crippen molar-refractivity contribution in [3.63, 3.8) is 0 Å². The molecule has 0 radical (unpaired) electrons. The van der Waals surface area contributed by atoms with E-state index in [4.69, 9.17) is 6.42 Å². The lowest BCUT2D eigenvalue weighted by Gasteiger charge is -2.13. The van der Waals surface area contributed by atoms with Crippen LogP contribution >= 0.6 is 0 Å². The first-order valence-corrected chi connectivity index (χ1v) is 4.24. The number of benzene rings is 1. The molecule has 0 aliphatic rings. The van der Waals surface area contributed by atoms with Gasteiger partial charge in [-0.25, -0.2) is 4.79 Å². The molecule has 2 nitrogen and oxygen atoms in total. The third-order valence-corrected chi connectivity index (χ3v) is 1.71. The molecule has 5 heteroatoms. The van der Waals surface area contributed by atoms with E-state index >= 15 is 0 Å². The largest absolute Gasteiger partial charge is 0.490 e. The van der Waals surface area contributed by atoms with Crippen molar-refractivity contribution in [2.24, 2.45) is 0 Å². The van der Waals surface area contributed by atoms with Gasteiger partial charge in [0.05, 0.1) is 0 Å². The van der Waals surface area contributed by atoms with E-state index in [-0.39, 0.29) is 0 Å². The molecular weight excluding hydrogens is 221 g/mol. The fourth-order valence-electron chi connectivity index (χ4n) is 1.000. The standard InChI is InChI=1S/C11H7F3O2/c1-2-9(8-6-4-3-5-7-8)16-10(15)11(12,13)14/h1,3-7,9H. The lowest BCUT2D eigenvalue weighted by atomic mass is 10.1. The van der Waals surface area contributed by atoms with Gasteiger partial charge in [0.2, 0.25) is 0 Å². The molecule has 0 N–H and O–H groups in total. The molecule has 0 saturated heterocycles. The van der Waals surface area contributed by atoms with Crippen molar-refractivity contribution in [1.29, 1.82) is 0 Å². The Balaban J connectivity index is 2.80. The Morgan fingerprint density at radius 3 is 2.31 bits per heavy atom. The minimum atomic E-state index is -5.04. The number of halogens is 3. The monoisotopic (exact) mass is 228 g/mol. The highest BCUT2D eigenvalue weighted by Gasteiger charge is 2.42. The summed E-state index contributed by atoms with van der Waals surface area (Å²) in [5.41, 5.74) is 0.322. The summed E-state index contributed by atoms with van der Waals surface area (Å²) in [6.45, 7) is 0. The van der Waals surface area contributed by atoms with E-state index in [1.807, 2.05) is 5.92 Å². The third kappa shape index (κ3) is 3.02. The lowest BCUT2D eigenvalue weighted by Crippen LogP contribution is -2.26. The van der Waals surface area contributed by atoms with Gasteiger partial charge in [-0.05, 0) is 0 Å². The summed E-state index contributed by atoms with van der Waals surface area (Å²) in [5.74, 6) is -0.314. The number of hydrogen-bond donors (Lipinski definition) is 0. The number of alkyl halides is 3. The molecule has 0 bridgehead atoms. The van der Waals surface area contributed by atoms with Crippen LogP contribution in [-0.2, 0) is 9.53 Å². The van der Waals surface area contributed by atoms with E-state index in [0.717, 1.165) is 0 Å². The van der Waals surface area contributed by atoms with Crippen molar-refractivity contribution in [1.82, 2.24) is 0 Å². The van der Waals surface area contributed by atoms with Crippen LogP contribution in [-0.4, -0.2) is 12.1 Å². The normalized spacial score (nSPS) is 12.6. The van der Waals surface area contributed by atoms with Crippen LogP contribution in [0, 0.1) is 12.3 Å². The van der Waals surface area contributed by atoms with E-state index in [9.17, 15) is 18.0 Å². The first-order valence-electron chi connectivity index (χ1n) is 4.24. The van der Waals surface area contributed by atoms with Crippen LogP contribution < -0.4 is 0 Å². The van der Waals surface area contributed by atoms with E-state index < -0.39 is 18.2 Å². The Labute approximate surface area is 90.0 Å². The maximum absolute atomic E-state index is 11.9. The Hall–Kier alpha value is -1.96. The van der Waals surface area contributed by atoms with Gasteiger partial charge in [-0.2, -0.15) is 13.2 Å². The highest BCUT2D eigenvalue weighted by molar-refractivity contribution is 5.76. The number of hydrogen-bond acceptors (Lipinski definition) is 2. The van der Waals surface area contributed by atoms with Gasteiger partial charge < -0.3 is 4.74 Å². The number of ether oxygens (including phenoxy) is 1. The Morgan fingerprint density at radius 2 is 1.88 bits per heavy atom. The summed E-state index contributed by atoms with van der Waals surface area (Å²) in [5, 5.41) is 0. The van der Waals surface area contributed by atoms with Gasteiger partial charge in [-0.3, -0.25) is 0 Å². The molecule has 0 aromatic heterocycles. The van der Waals surface area contributed by atoms with Crippen molar-refractivity contribution in [2.45, 2.75) is 12.3 Å². The van der Waals surface area contributed by atoms with Gasteiger partial charge in [0, 0.05) is 5.56 Å². The molecule has 0 aliphatic carbocycles. The molecule has 1 aromatic rings. The molecule has 1 unspecified atom stereocenters. The van der Waals surface area contributed by atoms with Crippen LogP contribution in [0.15, 0.2) is 30.3 Å². The predicted octanol–water partition coefficient (Wildman–Crippen LogP) is 2.47. The fraction of sp³-hybridized carbons (Fsp3) is 0.182. The number of carbonyl (C=O) groups excluding carboxylic acids is 1. The number of esters is 1. The second kappa shape index (κ2) is 4.71. The molecule has 1 rings (SSSR count). The zero-order chi connectivity index (χ0) is 12.2. The molecule has 1 atom stereocenters. The molecule has 0 fully saturated rings. The van der Waals surface area contributed by atoms with Crippen molar-refractivity contribution in [3.05, 3.63) is 35.9 Å². The summed E-state index contributed by atoms with van der Waals surface area (Å²) in [6, 6.07) is 7.80. The molecule has 0 heterocycles. The topological polar surface area (TPSA) is 26.3 Å². The van der Waals surface area contributed by atoms with Crippen molar-refractivity contribution in [3.8, 4) is 12.3 Å². The van der Waals surface area contributed by atoms with Crippen molar-refractivity contribution >= 4 is 5.97 Å². The Bertz CT molecular complexity index is 403. The fourth-order valence-corrected chi connectivity index (χ4v) is 1.000. The first-order chi connectivity index (χ1) is 7.45. The molecule has 0 amide bonds. The molecular formula is C11H7F3O2. The van der Waals surface area contributed by atoms with Crippen LogP contribution in [0.25, 0.3) is 0 Å².